The molecule has 1 rings (SSSR count). The van der Waals surface area contributed by atoms with Crippen LogP contribution >= 0.6 is 10.0 Å². The van der Waals surface area contributed by atoms with E-state index in [0.29, 0.717) is 0 Å². The largest absolute Gasteiger partial charge is 0.305 e. The van der Waals surface area contributed by atoms with E-state index in [4.69, 9.17) is 0 Å². The normalized spacial score (nSPS) is 12.8. The molecule has 0 aliphatic carbocycles. The van der Waals surface area contributed by atoms with E-state index in [-0.39, 0.29) is 0 Å². The van der Waals surface area contributed by atoms with Crippen molar-refractivity contribution < 1.29 is 0 Å². The van der Waals surface area contributed by atoms with Gasteiger partial charge in [0.2, 0.25) is 0 Å². The minimum atomic E-state index is -0.405. The summed E-state index contributed by atoms with van der Waals surface area (Å²) in [5, 5.41) is 3.48. The molecule has 1 N–H and O–H groups in total. The molecule has 0 saturated heterocycles. The molecule has 0 fully saturated rings. The monoisotopic (exact) mass is 197 g/mol. The SMILES string of the molecule is CS(C)(C)CNCc1ccccc1. The van der Waals surface area contributed by atoms with Crippen molar-refractivity contribution in [3.05, 3.63) is 35.9 Å². The van der Waals surface area contributed by atoms with E-state index in [9.17, 15) is 0 Å². The first-order valence-electron chi connectivity index (χ1n) is 4.48. The molecular formula is C11H19NS. The van der Waals surface area contributed by atoms with Gasteiger partial charge in [0.25, 0.3) is 0 Å². The molecule has 2 heteroatoms. The van der Waals surface area contributed by atoms with Crippen LogP contribution in [-0.2, 0) is 6.54 Å². The van der Waals surface area contributed by atoms with Crippen molar-refractivity contribution in [2.75, 3.05) is 24.6 Å². The average molecular weight is 197 g/mol. The van der Waals surface area contributed by atoms with Crippen LogP contribution in [0.15, 0.2) is 30.3 Å². The Labute approximate surface area is 82.9 Å². The Morgan fingerprint density at radius 1 is 1.08 bits per heavy atom. The maximum atomic E-state index is 3.48. The molecule has 74 valence electrons. The first-order chi connectivity index (χ1) is 6.08. The lowest BCUT2D eigenvalue weighted by atomic mass is 10.2. The van der Waals surface area contributed by atoms with Gasteiger partial charge >= 0.3 is 0 Å². The highest BCUT2D eigenvalue weighted by Gasteiger charge is 2.01. The summed E-state index contributed by atoms with van der Waals surface area (Å²) in [6.07, 6.45) is 6.97. The summed E-state index contributed by atoms with van der Waals surface area (Å²) in [6.45, 7) is 0.991. The summed E-state index contributed by atoms with van der Waals surface area (Å²) >= 11 is 0. The summed E-state index contributed by atoms with van der Waals surface area (Å²) in [7, 11) is -0.405. The third-order valence-corrected chi connectivity index (χ3v) is 2.78. The lowest BCUT2D eigenvalue weighted by Gasteiger charge is -2.25. The Hall–Kier alpha value is -0.470. The lowest BCUT2D eigenvalue weighted by Crippen LogP contribution is -2.18. The Morgan fingerprint density at radius 2 is 1.69 bits per heavy atom. The second-order valence-corrected chi connectivity index (χ2v) is 8.62. The van der Waals surface area contributed by atoms with Crippen LogP contribution in [0.1, 0.15) is 5.56 Å². The van der Waals surface area contributed by atoms with E-state index in [1.807, 2.05) is 0 Å². The molecule has 13 heavy (non-hydrogen) atoms. The van der Waals surface area contributed by atoms with Gasteiger partial charge in [-0.3, -0.25) is 0 Å². The van der Waals surface area contributed by atoms with Crippen LogP contribution in [0.4, 0.5) is 0 Å². The van der Waals surface area contributed by atoms with Gasteiger partial charge in [-0.15, -0.1) is 0 Å². The molecule has 0 aromatic heterocycles. The standard InChI is InChI=1S/C11H19NS/c1-13(2,3)10-12-9-11-7-5-4-6-8-11/h4-8,12H,9-10H2,1-3H3. The number of hydrogen-bond acceptors (Lipinski definition) is 1. The molecule has 1 aromatic carbocycles. The second kappa shape index (κ2) is 4.68. The summed E-state index contributed by atoms with van der Waals surface area (Å²) in [5.41, 5.74) is 1.37. The van der Waals surface area contributed by atoms with Crippen LogP contribution in [0.2, 0.25) is 0 Å². The molecule has 0 amide bonds. The Kier molecular flexibility index (Phi) is 3.82. The van der Waals surface area contributed by atoms with Crippen molar-refractivity contribution >= 4 is 10.0 Å². The third kappa shape index (κ3) is 4.96. The molecule has 0 saturated carbocycles. The van der Waals surface area contributed by atoms with Gasteiger partial charge in [0.1, 0.15) is 0 Å². The Bertz CT molecular complexity index is 238. The van der Waals surface area contributed by atoms with E-state index < -0.39 is 10.0 Å². The molecule has 0 bridgehead atoms. The summed E-state index contributed by atoms with van der Waals surface area (Å²) in [4.78, 5) is 0. The zero-order valence-electron chi connectivity index (χ0n) is 8.71. The molecular weight excluding hydrogens is 178 g/mol. The predicted molar refractivity (Wildman–Crippen MR) is 63.5 cm³/mol. The van der Waals surface area contributed by atoms with Crippen molar-refractivity contribution in [2.45, 2.75) is 6.54 Å². The summed E-state index contributed by atoms with van der Waals surface area (Å²) in [6, 6.07) is 10.5. The van der Waals surface area contributed by atoms with Crippen LogP contribution in [0.5, 0.6) is 0 Å². The van der Waals surface area contributed by atoms with E-state index in [1.54, 1.807) is 0 Å². The molecule has 0 unspecified atom stereocenters. The van der Waals surface area contributed by atoms with Gasteiger partial charge in [-0.25, -0.2) is 10.0 Å². The van der Waals surface area contributed by atoms with Gasteiger partial charge < -0.3 is 5.32 Å². The smallest absolute Gasteiger partial charge is 0.0258 e. The lowest BCUT2D eigenvalue weighted by molar-refractivity contribution is 0.793. The highest BCUT2D eigenvalue weighted by Crippen LogP contribution is 2.32. The average Bonchev–Trinajstić information content (AvgIpc) is 2.04. The van der Waals surface area contributed by atoms with Crippen molar-refractivity contribution in [3.63, 3.8) is 0 Å². The molecule has 1 nitrogen and oxygen atoms in total. The third-order valence-electron chi connectivity index (χ3n) is 1.71. The number of hydrogen-bond donors (Lipinski definition) is 1. The molecule has 0 atom stereocenters. The molecule has 0 aliphatic heterocycles. The van der Waals surface area contributed by atoms with Crippen LogP contribution in [0.3, 0.4) is 0 Å². The van der Waals surface area contributed by atoms with Crippen LogP contribution in [0, 0.1) is 0 Å². The molecule has 0 radical (unpaired) electrons. The highest BCUT2D eigenvalue weighted by molar-refractivity contribution is 8.32. The summed E-state index contributed by atoms with van der Waals surface area (Å²) in [5.74, 6) is 1.14. The number of nitrogens with one attached hydrogen (secondary N) is 1. The van der Waals surface area contributed by atoms with Gasteiger partial charge in [0.15, 0.2) is 0 Å². The Morgan fingerprint density at radius 3 is 2.23 bits per heavy atom. The van der Waals surface area contributed by atoms with Crippen molar-refractivity contribution in [2.24, 2.45) is 0 Å². The maximum absolute atomic E-state index is 3.48. The first kappa shape index (κ1) is 10.6. The van der Waals surface area contributed by atoms with E-state index in [2.05, 4.69) is 54.4 Å². The van der Waals surface area contributed by atoms with Crippen molar-refractivity contribution in [1.29, 1.82) is 0 Å². The Balaban J connectivity index is 2.29. The fourth-order valence-electron chi connectivity index (χ4n) is 1.10. The van der Waals surface area contributed by atoms with Gasteiger partial charge in [0, 0.05) is 12.4 Å². The predicted octanol–water partition coefficient (Wildman–Crippen LogP) is 2.43. The minimum Gasteiger partial charge on any atom is -0.305 e. The quantitative estimate of drug-likeness (QED) is 0.781. The minimum absolute atomic E-state index is 0.405. The second-order valence-electron chi connectivity index (χ2n) is 4.15. The van der Waals surface area contributed by atoms with E-state index in [1.165, 1.54) is 5.56 Å². The maximum Gasteiger partial charge on any atom is 0.0258 e. The van der Waals surface area contributed by atoms with Crippen LogP contribution in [-0.4, -0.2) is 24.6 Å². The molecule has 0 heterocycles. The molecule has 0 aliphatic rings. The van der Waals surface area contributed by atoms with E-state index >= 15 is 0 Å². The highest BCUT2D eigenvalue weighted by atomic mass is 32.3. The topological polar surface area (TPSA) is 12.0 Å². The zero-order chi connectivity index (χ0) is 9.73. The summed E-state index contributed by atoms with van der Waals surface area (Å²) < 4.78 is 0. The van der Waals surface area contributed by atoms with Crippen LogP contribution in [0.25, 0.3) is 0 Å². The fraction of sp³-hybridized carbons (Fsp3) is 0.455. The van der Waals surface area contributed by atoms with Gasteiger partial charge in [-0.1, -0.05) is 30.3 Å². The van der Waals surface area contributed by atoms with E-state index in [0.717, 1.165) is 12.4 Å². The first-order valence-corrected chi connectivity index (χ1v) is 7.51. The van der Waals surface area contributed by atoms with Crippen molar-refractivity contribution in [3.8, 4) is 0 Å². The molecule has 0 spiro atoms. The number of rotatable bonds is 4. The fourth-order valence-corrected chi connectivity index (χ4v) is 1.81. The van der Waals surface area contributed by atoms with Gasteiger partial charge in [-0.05, 0) is 24.3 Å². The van der Waals surface area contributed by atoms with Gasteiger partial charge in [-0.2, -0.15) is 0 Å². The van der Waals surface area contributed by atoms with Crippen LogP contribution < -0.4 is 5.32 Å². The number of benzene rings is 1. The zero-order valence-corrected chi connectivity index (χ0v) is 9.53. The van der Waals surface area contributed by atoms with Gasteiger partial charge in [0.05, 0.1) is 0 Å². The van der Waals surface area contributed by atoms with Crippen molar-refractivity contribution in [1.82, 2.24) is 5.32 Å². The molecule has 1 aromatic rings.